The molecule has 3 aliphatic rings. The largest absolute Gasteiger partial charge is 0.394 e. The molecular formula is C26H46N2O19. The van der Waals surface area contributed by atoms with Crippen molar-refractivity contribution in [2.24, 2.45) is 0 Å². The summed E-state index contributed by atoms with van der Waals surface area (Å²) >= 11 is 0. The van der Waals surface area contributed by atoms with Gasteiger partial charge >= 0.3 is 0 Å². The minimum atomic E-state index is -1.94. The second kappa shape index (κ2) is 17.8. The van der Waals surface area contributed by atoms with Gasteiger partial charge in [0.25, 0.3) is 0 Å². The lowest BCUT2D eigenvalue weighted by Crippen LogP contribution is -2.70. The first-order chi connectivity index (χ1) is 22.2. The monoisotopic (exact) mass is 690 g/mol. The number of aliphatic hydroxyl groups is 11. The van der Waals surface area contributed by atoms with Crippen molar-refractivity contribution in [1.29, 1.82) is 0 Å². The first-order valence-electron chi connectivity index (χ1n) is 14.8. The Bertz CT molecular complexity index is 998. The van der Waals surface area contributed by atoms with E-state index in [4.69, 9.17) is 28.4 Å². The number of nitrogens with one attached hydrogen (secondary N) is 2. The molecule has 21 nitrogen and oxygen atoms in total. The van der Waals surface area contributed by atoms with E-state index in [1.165, 1.54) is 0 Å². The third kappa shape index (κ3) is 9.29. The zero-order chi connectivity index (χ0) is 35.2. The molecule has 17 atom stereocenters. The SMILES string of the molecule is CC(=O)N[C@H]1[C@H](O[C@H]2[C@@H](O)[C@@H](CO)O[C@H](O[C@H](CO)[C@H](O)CO)[C@@H]2O)O[C@H](CO)[C@H](O[C@@H]2O[C@H](CO)[C@H](O)[C@H](O)[C@H]2NC(C)=O)[C@@H]1O. The first-order valence-corrected chi connectivity index (χ1v) is 14.8. The summed E-state index contributed by atoms with van der Waals surface area (Å²) in [5.74, 6) is -1.40. The molecule has 0 spiro atoms. The fourth-order valence-electron chi connectivity index (χ4n) is 5.51. The van der Waals surface area contributed by atoms with Crippen LogP contribution in [0.15, 0.2) is 0 Å². The Labute approximate surface area is 268 Å². The molecule has 0 aromatic carbocycles. The molecule has 0 aromatic heterocycles. The highest BCUT2D eigenvalue weighted by molar-refractivity contribution is 5.73. The molecule has 0 saturated carbocycles. The molecule has 3 fully saturated rings. The van der Waals surface area contributed by atoms with E-state index >= 15 is 0 Å². The average molecular weight is 691 g/mol. The Morgan fingerprint density at radius 3 is 1.57 bits per heavy atom. The van der Waals surface area contributed by atoms with Gasteiger partial charge in [0.15, 0.2) is 18.9 Å². The van der Waals surface area contributed by atoms with Gasteiger partial charge in [-0.15, -0.1) is 0 Å². The fourth-order valence-corrected chi connectivity index (χ4v) is 5.51. The van der Waals surface area contributed by atoms with Crippen LogP contribution in [0.2, 0.25) is 0 Å². The highest BCUT2D eigenvalue weighted by Crippen LogP contribution is 2.33. The molecule has 2 amide bonds. The Morgan fingerprint density at radius 2 is 1.09 bits per heavy atom. The topological polar surface area (TPSA) is 336 Å². The summed E-state index contributed by atoms with van der Waals surface area (Å²) in [5, 5.41) is 117. The molecule has 3 aliphatic heterocycles. The molecule has 0 radical (unpaired) electrons. The third-order valence-electron chi connectivity index (χ3n) is 7.98. The van der Waals surface area contributed by atoms with Gasteiger partial charge in [0, 0.05) is 13.8 Å². The maximum absolute atomic E-state index is 12.2. The smallest absolute Gasteiger partial charge is 0.217 e. The van der Waals surface area contributed by atoms with Crippen molar-refractivity contribution < 1.29 is 94.2 Å². The maximum atomic E-state index is 12.2. The van der Waals surface area contributed by atoms with Crippen molar-refractivity contribution in [3.8, 4) is 0 Å². The number of aliphatic hydroxyl groups excluding tert-OH is 11. The van der Waals surface area contributed by atoms with Gasteiger partial charge in [0.1, 0.15) is 85.3 Å². The van der Waals surface area contributed by atoms with Crippen LogP contribution in [0, 0.1) is 0 Å². The lowest BCUT2D eigenvalue weighted by molar-refractivity contribution is -0.366. The van der Waals surface area contributed by atoms with Crippen LogP contribution in [0.5, 0.6) is 0 Å². The fraction of sp³-hybridized carbons (Fsp3) is 0.923. The molecule has 0 unspecified atom stereocenters. The summed E-state index contributed by atoms with van der Waals surface area (Å²) in [5.41, 5.74) is 0. The van der Waals surface area contributed by atoms with E-state index in [0.717, 1.165) is 13.8 Å². The Balaban J connectivity index is 1.89. The van der Waals surface area contributed by atoms with E-state index in [-0.39, 0.29) is 0 Å². The molecule has 21 heteroatoms. The summed E-state index contributed by atoms with van der Waals surface area (Å²) in [4.78, 5) is 24.0. The molecule has 3 saturated heterocycles. The number of hydrogen-bond acceptors (Lipinski definition) is 19. The number of amides is 2. The molecule has 0 aliphatic carbocycles. The van der Waals surface area contributed by atoms with Gasteiger partial charge in [-0.25, -0.2) is 0 Å². The van der Waals surface area contributed by atoms with Crippen LogP contribution in [-0.2, 0) is 38.0 Å². The quantitative estimate of drug-likeness (QED) is 0.0804. The molecular weight excluding hydrogens is 644 g/mol. The van der Waals surface area contributed by atoms with E-state index in [9.17, 15) is 65.8 Å². The van der Waals surface area contributed by atoms with E-state index < -0.39 is 149 Å². The molecule has 13 N–H and O–H groups in total. The van der Waals surface area contributed by atoms with Crippen LogP contribution in [-0.4, -0.2) is 205 Å². The summed E-state index contributed by atoms with van der Waals surface area (Å²) in [6, 6.07) is -3.03. The highest BCUT2D eigenvalue weighted by Gasteiger charge is 2.54. The number of rotatable bonds is 14. The average Bonchev–Trinajstić information content (AvgIpc) is 3.04. The van der Waals surface area contributed by atoms with E-state index in [1.807, 2.05) is 0 Å². The van der Waals surface area contributed by atoms with Crippen LogP contribution in [0.1, 0.15) is 13.8 Å². The van der Waals surface area contributed by atoms with Crippen molar-refractivity contribution in [2.45, 2.75) is 118 Å². The van der Waals surface area contributed by atoms with Crippen molar-refractivity contribution >= 4 is 11.8 Å². The Hall–Kier alpha value is -1.74. The maximum Gasteiger partial charge on any atom is 0.217 e. The van der Waals surface area contributed by atoms with E-state index in [0.29, 0.717) is 0 Å². The standard InChI is InChI=1S/C26H46N2O19/c1-8(34)27-15-19(39)17(37)12(5-31)43-24(15)46-22-14(7-33)45-25(16(20(22)40)28-9(2)35)47-23-18(38)13(6-32)44-26(21(23)41)42-11(4-30)10(36)3-29/h10-26,29-33,36-41H,3-7H2,1-2H3,(H,27,34)(H,28,35)/t10-,11-,12-,13-,14-,15-,16-,17+,18+,19-,20-,21-,22+,23+,24+,25+,26+/m1/s1. The van der Waals surface area contributed by atoms with Crippen LogP contribution >= 0.6 is 0 Å². The first kappa shape index (κ1) is 39.7. The molecule has 0 bridgehead atoms. The van der Waals surface area contributed by atoms with Gasteiger partial charge in [-0.2, -0.15) is 0 Å². The minimum absolute atomic E-state index is 0.669. The van der Waals surface area contributed by atoms with Gasteiger partial charge in [0.05, 0.1) is 33.0 Å². The van der Waals surface area contributed by atoms with Crippen LogP contribution in [0.25, 0.3) is 0 Å². The number of ether oxygens (including phenoxy) is 6. The summed E-state index contributed by atoms with van der Waals surface area (Å²) in [7, 11) is 0. The second-order valence-electron chi connectivity index (χ2n) is 11.4. The van der Waals surface area contributed by atoms with E-state index in [1.54, 1.807) is 0 Å². The molecule has 47 heavy (non-hydrogen) atoms. The number of carbonyl (C=O) groups excluding carboxylic acids is 2. The third-order valence-corrected chi connectivity index (χ3v) is 7.98. The number of hydrogen-bond donors (Lipinski definition) is 13. The molecule has 3 heterocycles. The van der Waals surface area contributed by atoms with Crippen molar-refractivity contribution in [3.05, 3.63) is 0 Å². The zero-order valence-electron chi connectivity index (χ0n) is 25.5. The lowest BCUT2D eigenvalue weighted by Gasteiger charge is -2.49. The van der Waals surface area contributed by atoms with Crippen molar-refractivity contribution in [2.75, 3.05) is 33.0 Å². The minimum Gasteiger partial charge on any atom is -0.394 e. The summed E-state index contributed by atoms with van der Waals surface area (Å²) in [6.45, 7) is -2.01. The van der Waals surface area contributed by atoms with E-state index in [2.05, 4.69) is 10.6 Å². The summed E-state index contributed by atoms with van der Waals surface area (Å²) in [6.07, 6.45) is -25.1. The summed E-state index contributed by atoms with van der Waals surface area (Å²) < 4.78 is 33.7. The highest BCUT2D eigenvalue weighted by atomic mass is 16.8. The lowest BCUT2D eigenvalue weighted by atomic mass is 9.94. The van der Waals surface area contributed by atoms with Gasteiger partial charge in [-0.1, -0.05) is 0 Å². The van der Waals surface area contributed by atoms with Crippen molar-refractivity contribution in [1.82, 2.24) is 10.6 Å². The predicted octanol–water partition coefficient (Wildman–Crippen LogP) is -8.55. The molecule has 3 rings (SSSR count). The van der Waals surface area contributed by atoms with Gasteiger partial charge in [-0.3, -0.25) is 9.59 Å². The van der Waals surface area contributed by atoms with Crippen LogP contribution in [0.3, 0.4) is 0 Å². The van der Waals surface area contributed by atoms with Crippen LogP contribution < -0.4 is 10.6 Å². The zero-order valence-corrected chi connectivity index (χ0v) is 25.5. The number of carbonyl (C=O) groups is 2. The predicted molar refractivity (Wildman–Crippen MR) is 147 cm³/mol. The Kier molecular flexibility index (Phi) is 15.0. The van der Waals surface area contributed by atoms with Crippen molar-refractivity contribution in [3.63, 3.8) is 0 Å². The van der Waals surface area contributed by atoms with Gasteiger partial charge in [0.2, 0.25) is 11.8 Å². The molecule has 0 aromatic rings. The molecule has 274 valence electrons. The Morgan fingerprint density at radius 1 is 0.617 bits per heavy atom. The van der Waals surface area contributed by atoms with Crippen LogP contribution in [0.4, 0.5) is 0 Å². The van der Waals surface area contributed by atoms with Gasteiger partial charge in [-0.05, 0) is 0 Å². The second-order valence-corrected chi connectivity index (χ2v) is 11.4. The normalized spacial score (nSPS) is 42.4. The van der Waals surface area contributed by atoms with Gasteiger partial charge < -0.3 is 95.2 Å².